The van der Waals surface area contributed by atoms with Crippen molar-refractivity contribution in [1.82, 2.24) is 10.6 Å². The molecule has 3 N–H and O–H groups in total. The molecule has 0 bridgehead atoms. The Balaban J connectivity index is 1.59. The number of methoxy groups -OCH3 is 1. The smallest absolute Gasteiger partial charge is 0.221 e. The van der Waals surface area contributed by atoms with Crippen molar-refractivity contribution in [2.75, 3.05) is 19.4 Å². The normalized spacial score (nSPS) is 13.1. The molecular weight excluding hydrogens is 464 g/mol. The molecule has 0 unspecified atom stereocenters. The van der Waals surface area contributed by atoms with Crippen LogP contribution in [0.25, 0.3) is 0 Å². The molecule has 0 aliphatic heterocycles. The van der Waals surface area contributed by atoms with E-state index >= 15 is 0 Å². The fourth-order valence-electron chi connectivity index (χ4n) is 3.69. The first kappa shape index (κ1) is 26.4. The summed E-state index contributed by atoms with van der Waals surface area (Å²) in [5, 5.41) is 16.9. The summed E-state index contributed by atoms with van der Waals surface area (Å²) in [6.07, 6.45) is -0.651. The minimum absolute atomic E-state index is 0.188. The van der Waals surface area contributed by atoms with E-state index in [4.69, 9.17) is 4.74 Å². The SMILES string of the molecule is COc1cccc(CNC[C@H](O)[C@H](Cc2ccccc2)NC(=O)CCS(=O)(=O)c2ccccc2)c1. The molecule has 0 aromatic heterocycles. The molecule has 0 heterocycles. The molecule has 8 heteroatoms. The van der Waals surface area contributed by atoms with E-state index in [9.17, 15) is 18.3 Å². The second-order valence-electron chi connectivity index (χ2n) is 8.30. The minimum Gasteiger partial charge on any atom is -0.497 e. The number of aliphatic hydroxyl groups excluding tert-OH is 1. The first-order valence-corrected chi connectivity index (χ1v) is 13.2. The Kier molecular flexibility index (Phi) is 9.84. The Morgan fingerprint density at radius 3 is 2.29 bits per heavy atom. The second kappa shape index (κ2) is 13.0. The molecule has 0 radical (unpaired) electrons. The van der Waals surface area contributed by atoms with Crippen molar-refractivity contribution < 1.29 is 23.1 Å². The van der Waals surface area contributed by atoms with Crippen LogP contribution in [0.3, 0.4) is 0 Å². The molecule has 0 aliphatic rings. The third-order valence-corrected chi connectivity index (χ3v) is 7.36. The lowest BCUT2D eigenvalue weighted by Crippen LogP contribution is -2.48. The van der Waals surface area contributed by atoms with Gasteiger partial charge < -0.3 is 20.5 Å². The Labute approximate surface area is 207 Å². The number of hydrogen-bond acceptors (Lipinski definition) is 6. The number of nitrogens with one attached hydrogen (secondary N) is 2. The van der Waals surface area contributed by atoms with Crippen LogP contribution in [0.1, 0.15) is 17.5 Å². The largest absolute Gasteiger partial charge is 0.497 e. The van der Waals surface area contributed by atoms with Crippen molar-refractivity contribution in [2.24, 2.45) is 0 Å². The summed E-state index contributed by atoms with van der Waals surface area (Å²) in [7, 11) is -1.96. The number of carbonyl (C=O) groups is 1. The van der Waals surface area contributed by atoms with E-state index < -0.39 is 27.9 Å². The third kappa shape index (κ3) is 8.51. The van der Waals surface area contributed by atoms with Crippen molar-refractivity contribution >= 4 is 15.7 Å². The van der Waals surface area contributed by atoms with Crippen molar-refractivity contribution in [2.45, 2.75) is 36.4 Å². The van der Waals surface area contributed by atoms with Crippen molar-refractivity contribution in [1.29, 1.82) is 0 Å². The van der Waals surface area contributed by atoms with Crippen molar-refractivity contribution in [3.8, 4) is 5.75 Å². The molecule has 3 rings (SSSR count). The van der Waals surface area contributed by atoms with Crippen LogP contribution in [0.2, 0.25) is 0 Å². The van der Waals surface area contributed by atoms with Crippen molar-refractivity contribution in [3.63, 3.8) is 0 Å². The minimum atomic E-state index is -3.57. The highest BCUT2D eigenvalue weighted by Gasteiger charge is 2.23. The van der Waals surface area contributed by atoms with Gasteiger partial charge in [-0.05, 0) is 41.8 Å². The van der Waals surface area contributed by atoms with Gasteiger partial charge in [-0.3, -0.25) is 4.79 Å². The number of ether oxygens (including phenoxy) is 1. The quantitative estimate of drug-likeness (QED) is 0.336. The number of rotatable bonds is 13. The molecule has 0 saturated heterocycles. The average molecular weight is 497 g/mol. The predicted molar refractivity (Wildman–Crippen MR) is 136 cm³/mol. The number of carbonyl (C=O) groups excluding carboxylic acids is 1. The van der Waals surface area contributed by atoms with Gasteiger partial charge in [0.05, 0.1) is 29.9 Å². The molecule has 0 aliphatic carbocycles. The van der Waals surface area contributed by atoms with E-state index in [0.29, 0.717) is 13.0 Å². The van der Waals surface area contributed by atoms with Gasteiger partial charge in [-0.15, -0.1) is 0 Å². The van der Waals surface area contributed by atoms with Crippen LogP contribution in [-0.4, -0.2) is 51.0 Å². The van der Waals surface area contributed by atoms with E-state index in [1.54, 1.807) is 25.3 Å². The Morgan fingerprint density at radius 2 is 1.60 bits per heavy atom. The van der Waals surface area contributed by atoms with E-state index in [2.05, 4.69) is 10.6 Å². The summed E-state index contributed by atoms with van der Waals surface area (Å²) in [6, 6.07) is 24.7. The molecule has 7 nitrogen and oxygen atoms in total. The van der Waals surface area contributed by atoms with Gasteiger partial charge in [0.15, 0.2) is 9.84 Å². The average Bonchev–Trinajstić information content (AvgIpc) is 2.88. The molecule has 1 amide bonds. The fourth-order valence-corrected chi connectivity index (χ4v) is 4.95. The third-order valence-electron chi connectivity index (χ3n) is 5.63. The first-order valence-electron chi connectivity index (χ1n) is 11.5. The van der Waals surface area contributed by atoms with Gasteiger partial charge in [0.1, 0.15) is 5.75 Å². The highest BCUT2D eigenvalue weighted by atomic mass is 32.2. The van der Waals surface area contributed by atoms with Gasteiger partial charge in [0.25, 0.3) is 0 Å². The fraction of sp³-hybridized carbons (Fsp3) is 0.296. The van der Waals surface area contributed by atoms with Crippen LogP contribution in [0.4, 0.5) is 0 Å². The maximum absolute atomic E-state index is 12.7. The molecule has 0 fully saturated rings. The van der Waals surface area contributed by atoms with E-state index in [1.807, 2.05) is 54.6 Å². The zero-order valence-corrected chi connectivity index (χ0v) is 20.6. The summed E-state index contributed by atoms with van der Waals surface area (Å²) in [5.74, 6) is 0.0345. The van der Waals surface area contributed by atoms with Gasteiger partial charge in [-0.1, -0.05) is 60.7 Å². The Morgan fingerprint density at radius 1 is 0.943 bits per heavy atom. The van der Waals surface area contributed by atoms with Crippen LogP contribution < -0.4 is 15.4 Å². The monoisotopic (exact) mass is 496 g/mol. The lowest BCUT2D eigenvalue weighted by Gasteiger charge is -2.25. The van der Waals surface area contributed by atoms with Crippen LogP contribution in [0.15, 0.2) is 89.8 Å². The Hall–Kier alpha value is -3.20. The molecule has 0 spiro atoms. The summed E-state index contributed by atoms with van der Waals surface area (Å²) in [4.78, 5) is 12.9. The first-order chi connectivity index (χ1) is 16.9. The number of aliphatic hydroxyl groups is 1. The molecular formula is C27H32N2O5S. The number of benzene rings is 3. The predicted octanol–water partition coefficient (Wildman–Crippen LogP) is 2.74. The Bertz CT molecular complexity index is 1170. The van der Waals surface area contributed by atoms with Crippen LogP contribution >= 0.6 is 0 Å². The maximum Gasteiger partial charge on any atom is 0.221 e. The van der Waals surface area contributed by atoms with Gasteiger partial charge in [0, 0.05) is 19.5 Å². The summed E-state index contributed by atoms with van der Waals surface area (Å²) < 4.78 is 30.3. The molecule has 0 saturated carbocycles. The topological polar surface area (TPSA) is 105 Å². The lowest BCUT2D eigenvalue weighted by molar-refractivity contribution is -0.122. The van der Waals surface area contributed by atoms with Gasteiger partial charge in [-0.2, -0.15) is 0 Å². The summed E-state index contributed by atoms with van der Waals surface area (Å²) in [5.41, 5.74) is 1.97. The number of amides is 1. The summed E-state index contributed by atoms with van der Waals surface area (Å²) in [6.45, 7) is 0.771. The molecule has 35 heavy (non-hydrogen) atoms. The maximum atomic E-state index is 12.7. The van der Waals surface area contributed by atoms with E-state index in [1.165, 1.54) is 12.1 Å². The zero-order chi connectivity index (χ0) is 25.1. The lowest BCUT2D eigenvalue weighted by atomic mass is 10.0. The highest BCUT2D eigenvalue weighted by Crippen LogP contribution is 2.13. The number of hydrogen-bond donors (Lipinski definition) is 3. The molecule has 3 aromatic rings. The number of sulfone groups is 1. The van der Waals surface area contributed by atoms with E-state index in [-0.39, 0.29) is 23.6 Å². The summed E-state index contributed by atoms with van der Waals surface area (Å²) >= 11 is 0. The van der Waals surface area contributed by atoms with Crippen LogP contribution in [-0.2, 0) is 27.6 Å². The van der Waals surface area contributed by atoms with Gasteiger partial charge in [0.2, 0.25) is 5.91 Å². The second-order valence-corrected chi connectivity index (χ2v) is 10.4. The molecule has 2 atom stereocenters. The van der Waals surface area contributed by atoms with Crippen molar-refractivity contribution in [3.05, 3.63) is 96.1 Å². The van der Waals surface area contributed by atoms with Gasteiger partial charge >= 0.3 is 0 Å². The molecule has 186 valence electrons. The van der Waals surface area contributed by atoms with Gasteiger partial charge in [-0.25, -0.2) is 8.42 Å². The van der Waals surface area contributed by atoms with Crippen LogP contribution in [0, 0.1) is 0 Å². The standard InChI is InChI=1S/C27H32N2O5S/c1-34-23-12-8-11-22(17-23)19-28-20-26(30)25(18-21-9-4-2-5-10-21)29-27(31)15-16-35(32,33)24-13-6-3-7-14-24/h2-14,17,25-26,28,30H,15-16,18-20H2,1H3,(H,29,31)/t25-,26-/m0/s1. The zero-order valence-electron chi connectivity index (χ0n) is 19.8. The van der Waals surface area contributed by atoms with Crippen LogP contribution in [0.5, 0.6) is 5.75 Å². The highest BCUT2D eigenvalue weighted by molar-refractivity contribution is 7.91. The van der Waals surface area contributed by atoms with E-state index in [0.717, 1.165) is 16.9 Å². The molecule has 3 aromatic carbocycles.